The standard InChI is InChI=1S/C6H13NO8S.Na/c8-1-3(7-16(13,14)15)5(11)6(12)4(10)2-9;/h1,3-7,9-12H,2H2,(H,13,14,15);/q;+1/t3-,4-,5-,6-;/m1./s1. The monoisotopic (exact) mass is 282 g/mol. The van der Waals surface area contributed by atoms with Crippen molar-refractivity contribution in [2.24, 2.45) is 0 Å². The Hall–Kier alpha value is 0.380. The minimum absolute atomic E-state index is 0. The molecule has 0 aliphatic heterocycles. The van der Waals surface area contributed by atoms with Crippen LogP contribution in [0.25, 0.3) is 0 Å². The molecule has 0 aliphatic carbocycles. The summed E-state index contributed by atoms with van der Waals surface area (Å²) < 4.78 is 30.4. The Balaban J connectivity index is 0. The molecule has 0 amide bonds. The number of aliphatic hydroxyl groups excluding tert-OH is 4. The molecule has 0 rings (SSSR count). The first-order chi connectivity index (χ1) is 7.22. The number of carbonyl (C=O) groups excluding carboxylic acids is 1. The molecule has 17 heavy (non-hydrogen) atoms. The zero-order valence-corrected chi connectivity index (χ0v) is 11.8. The summed E-state index contributed by atoms with van der Waals surface area (Å²) in [7, 11) is -4.74. The summed E-state index contributed by atoms with van der Waals surface area (Å²) in [4.78, 5) is 10.4. The second-order valence-corrected chi connectivity index (χ2v) is 4.17. The third-order valence-electron chi connectivity index (χ3n) is 1.73. The van der Waals surface area contributed by atoms with Crippen molar-refractivity contribution in [3.63, 3.8) is 0 Å². The van der Waals surface area contributed by atoms with Crippen LogP contribution >= 0.6 is 0 Å². The van der Waals surface area contributed by atoms with Crippen LogP contribution in [0.2, 0.25) is 0 Å². The molecule has 0 saturated carbocycles. The van der Waals surface area contributed by atoms with Gasteiger partial charge in [-0.1, -0.05) is 0 Å². The summed E-state index contributed by atoms with van der Waals surface area (Å²) in [5.41, 5.74) is 0. The molecule has 0 spiro atoms. The molecule has 0 aromatic rings. The Labute approximate surface area is 120 Å². The summed E-state index contributed by atoms with van der Waals surface area (Å²) in [6, 6.07) is -1.84. The number of carbonyl (C=O) groups is 1. The Kier molecular flexibility index (Phi) is 9.83. The topological polar surface area (TPSA) is 164 Å². The van der Waals surface area contributed by atoms with Crippen LogP contribution in [-0.4, -0.2) is 70.6 Å². The molecule has 0 aliphatic rings. The van der Waals surface area contributed by atoms with Crippen LogP contribution in [0.1, 0.15) is 0 Å². The summed E-state index contributed by atoms with van der Waals surface area (Å²) >= 11 is 0. The second-order valence-electron chi connectivity index (χ2n) is 2.99. The van der Waals surface area contributed by atoms with Gasteiger partial charge in [-0.2, -0.15) is 13.1 Å². The van der Waals surface area contributed by atoms with Crippen LogP contribution in [0.3, 0.4) is 0 Å². The first-order valence-corrected chi connectivity index (χ1v) is 5.52. The first-order valence-electron chi connectivity index (χ1n) is 4.08. The number of hydrogen-bond donors (Lipinski definition) is 6. The number of aliphatic hydroxyl groups is 4. The molecule has 6 N–H and O–H groups in total. The van der Waals surface area contributed by atoms with E-state index >= 15 is 0 Å². The number of nitrogens with one attached hydrogen (secondary N) is 1. The quantitative estimate of drug-likeness (QED) is 0.152. The fourth-order valence-electron chi connectivity index (χ4n) is 0.898. The van der Waals surface area contributed by atoms with E-state index in [0.29, 0.717) is 0 Å². The first kappa shape index (κ1) is 19.7. The third kappa shape index (κ3) is 7.41. The van der Waals surface area contributed by atoms with Gasteiger partial charge in [-0.3, -0.25) is 4.55 Å². The zero-order chi connectivity index (χ0) is 12.9. The average Bonchev–Trinajstić information content (AvgIpc) is 2.21. The van der Waals surface area contributed by atoms with Crippen molar-refractivity contribution in [3.8, 4) is 0 Å². The van der Waals surface area contributed by atoms with Crippen LogP contribution < -0.4 is 34.3 Å². The van der Waals surface area contributed by atoms with Crippen LogP contribution in [-0.2, 0) is 15.1 Å². The fraction of sp³-hybridized carbons (Fsp3) is 0.833. The van der Waals surface area contributed by atoms with Gasteiger partial charge in [0.25, 0.3) is 0 Å². The van der Waals surface area contributed by atoms with Gasteiger partial charge < -0.3 is 25.2 Å². The van der Waals surface area contributed by atoms with E-state index in [-0.39, 0.29) is 35.8 Å². The maximum Gasteiger partial charge on any atom is 1.00 e. The number of rotatable bonds is 7. The van der Waals surface area contributed by atoms with Crippen molar-refractivity contribution < 1.29 is 67.7 Å². The van der Waals surface area contributed by atoms with Gasteiger partial charge in [0.05, 0.1) is 6.61 Å². The summed E-state index contributed by atoms with van der Waals surface area (Å²) in [6.07, 6.45) is -5.79. The maximum atomic E-state index is 10.4. The molecular formula is C6H13NNaO8S+. The van der Waals surface area contributed by atoms with Gasteiger partial charge in [-0.05, 0) is 0 Å². The van der Waals surface area contributed by atoms with E-state index in [1.165, 1.54) is 4.72 Å². The van der Waals surface area contributed by atoms with Gasteiger partial charge in [0.1, 0.15) is 30.6 Å². The van der Waals surface area contributed by atoms with Gasteiger partial charge >= 0.3 is 39.9 Å². The van der Waals surface area contributed by atoms with Gasteiger partial charge in [0.15, 0.2) is 0 Å². The van der Waals surface area contributed by atoms with E-state index < -0.39 is 41.3 Å². The van der Waals surface area contributed by atoms with E-state index in [0.717, 1.165) is 0 Å². The molecule has 0 radical (unpaired) electrons. The predicted octanol–water partition coefficient (Wildman–Crippen LogP) is -6.97. The molecule has 0 saturated heterocycles. The Morgan fingerprint density at radius 2 is 1.65 bits per heavy atom. The molecule has 0 fully saturated rings. The molecule has 0 aromatic carbocycles. The van der Waals surface area contributed by atoms with Crippen molar-refractivity contribution in [1.29, 1.82) is 0 Å². The Bertz CT molecular complexity index is 322. The van der Waals surface area contributed by atoms with Gasteiger partial charge in [0.2, 0.25) is 0 Å². The van der Waals surface area contributed by atoms with Crippen molar-refractivity contribution in [1.82, 2.24) is 4.72 Å². The van der Waals surface area contributed by atoms with Gasteiger partial charge in [-0.25, -0.2) is 0 Å². The predicted molar refractivity (Wildman–Crippen MR) is 49.6 cm³/mol. The smallest absolute Gasteiger partial charge is 0.394 e. The maximum absolute atomic E-state index is 10.4. The van der Waals surface area contributed by atoms with Gasteiger partial charge in [0, 0.05) is 0 Å². The SMILES string of the molecule is O=C[C@@H](NS(=O)(=O)O)[C@@H](O)[C@H](O)[C@H](O)CO.[Na+]. The van der Waals surface area contributed by atoms with E-state index in [1.54, 1.807) is 0 Å². The Morgan fingerprint density at radius 3 is 1.94 bits per heavy atom. The summed E-state index contributed by atoms with van der Waals surface area (Å²) in [6.45, 7) is -0.893. The molecule has 96 valence electrons. The van der Waals surface area contributed by atoms with Crippen molar-refractivity contribution in [2.45, 2.75) is 24.4 Å². The molecule has 11 heteroatoms. The number of hydrogen-bond acceptors (Lipinski definition) is 7. The summed E-state index contributed by atoms with van der Waals surface area (Å²) in [5, 5.41) is 35.8. The van der Waals surface area contributed by atoms with E-state index in [2.05, 4.69) is 0 Å². The zero-order valence-electron chi connectivity index (χ0n) is 8.96. The molecule has 4 atom stereocenters. The van der Waals surface area contributed by atoms with E-state index in [4.69, 9.17) is 19.9 Å². The normalized spacial score (nSPS) is 18.6. The summed E-state index contributed by atoms with van der Waals surface area (Å²) in [5.74, 6) is 0. The Morgan fingerprint density at radius 1 is 1.18 bits per heavy atom. The van der Waals surface area contributed by atoms with Crippen molar-refractivity contribution in [3.05, 3.63) is 0 Å². The average molecular weight is 282 g/mol. The largest absolute Gasteiger partial charge is 1.00 e. The van der Waals surface area contributed by atoms with Crippen LogP contribution in [0.4, 0.5) is 0 Å². The minimum atomic E-state index is -4.74. The molecular weight excluding hydrogens is 269 g/mol. The third-order valence-corrected chi connectivity index (χ3v) is 2.30. The van der Waals surface area contributed by atoms with Crippen molar-refractivity contribution >= 4 is 16.6 Å². The minimum Gasteiger partial charge on any atom is -0.394 e. The second kappa shape index (κ2) is 8.48. The van der Waals surface area contributed by atoms with Crippen LogP contribution in [0.15, 0.2) is 0 Å². The molecule has 0 unspecified atom stereocenters. The molecule has 0 heterocycles. The van der Waals surface area contributed by atoms with Crippen molar-refractivity contribution in [2.75, 3.05) is 6.61 Å². The van der Waals surface area contributed by atoms with Crippen LogP contribution in [0.5, 0.6) is 0 Å². The fourth-order valence-corrected chi connectivity index (χ4v) is 1.44. The number of aldehydes is 1. The molecule has 0 bridgehead atoms. The molecule has 0 aromatic heterocycles. The van der Waals surface area contributed by atoms with E-state index in [1.807, 2.05) is 0 Å². The molecule has 9 nitrogen and oxygen atoms in total. The van der Waals surface area contributed by atoms with Gasteiger partial charge in [-0.15, -0.1) is 0 Å². The van der Waals surface area contributed by atoms with Crippen LogP contribution in [0, 0.1) is 0 Å². The van der Waals surface area contributed by atoms with E-state index in [9.17, 15) is 18.3 Å².